The molecular weight excluding hydrogens is 442 g/mol. The van der Waals surface area contributed by atoms with Gasteiger partial charge < -0.3 is 14.6 Å². The normalized spacial score (nSPS) is 13.4. The second-order valence-electron chi connectivity index (χ2n) is 6.95. The lowest BCUT2D eigenvalue weighted by Gasteiger charge is -2.11. The van der Waals surface area contributed by atoms with E-state index in [2.05, 4.69) is 25.5 Å². The fourth-order valence-corrected chi connectivity index (χ4v) is 3.92. The zero-order chi connectivity index (χ0) is 21.8. The van der Waals surface area contributed by atoms with Crippen LogP contribution in [0.4, 0.5) is 11.5 Å². The summed E-state index contributed by atoms with van der Waals surface area (Å²) in [4.78, 5) is 19.4. The molecule has 0 spiro atoms. The maximum absolute atomic E-state index is 11.3. The summed E-state index contributed by atoms with van der Waals surface area (Å²) < 4.78 is 7.11. The number of ether oxygens (including phenoxy) is 1. The highest BCUT2D eigenvalue weighted by Crippen LogP contribution is 2.34. The van der Waals surface area contributed by atoms with Gasteiger partial charge in [-0.15, -0.1) is 10.2 Å². The first-order valence-electron chi connectivity index (χ1n) is 9.69. The molecule has 162 valence electrons. The van der Waals surface area contributed by atoms with Gasteiger partial charge in [-0.25, -0.2) is 4.98 Å². The summed E-state index contributed by atoms with van der Waals surface area (Å²) in [6.45, 7) is 1.18. The third kappa shape index (κ3) is 5.12. The molecule has 0 bridgehead atoms. The van der Waals surface area contributed by atoms with Crippen LogP contribution in [0.2, 0.25) is 5.02 Å². The molecule has 2 heterocycles. The summed E-state index contributed by atoms with van der Waals surface area (Å²) in [5, 5.41) is 24.5. The number of nitro groups is 1. The summed E-state index contributed by atoms with van der Waals surface area (Å²) in [7, 11) is 1.65. The quantitative estimate of drug-likeness (QED) is 0.206. The van der Waals surface area contributed by atoms with Crippen LogP contribution in [-0.4, -0.2) is 49.4 Å². The first-order valence-corrected chi connectivity index (χ1v) is 10.9. The Morgan fingerprint density at radius 2 is 2.16 bits per heavy atom. The SMILES string of the molecule is COCCCn1c(Sc2ncc([N+](=O)[O-])c(NC3CC3)n2)nnc1-c1ccccc1Cl. The summed E-state index contributed by atoms with van der Waals surface area (Å²) in [5.41, 5.74) is 0.621. The van der Waals surface area contributed by atoms with E-state index in [0.717, 1.165) is 24.8 Å². The van der Waals surface area contributed by atoms with Gasteiger partial charge in [0.25, 0.3) is 0 Å². The molecule has 31 heavy (non-hydrogen) atoms. The molecule has 1 aliphatic rings. The van der Waals surface area contributed by atoms with Gasteiger partial charge in [0.2, 0.25) is 5.82 Å². The lowest BCUT2D eigenvalue weighted by atomic mass is 10.2. The number of methoxy groups -OCH3 is 1. The highest BCUT2D eigenvalue weighted by molar-refractivity contribution is 7.99. The predicted molar refractivity (Wildman–Crippen MR) is 116 cm³/mol. The molecule has 1 aliphatic carbocycles. The molecule has 1 fully saturated rings. The Morgan fingerprint density at radius 3 is 2.87 bits per heavy atom. The van der Waals surface area contributed by atoms with Crippen LogP contribution in [0.25, 0.3) is 11.4 Å². The molecule has 1 saturated carbocycles. The molecule has 10 nitrogen and oxygen atoms in total. The van der Waals surface area contributed by atoms with Gasteiger partial charge >= 0.3 is 5.69 Å². The lowest BCUT2D eigenvalue weighted by molar-refractivity contribution is -0.384. The fourth-order valence-electron chi connectivity index (χ4n) is 2.93. The second kappa shape index (κ2) is 9.58. The van der Waals surface area contributed by atoms with E-state index in [4.69, 9.17) is 16.3 Å². The van der Waals surface area contributed by atoms with Gasteiger partial charge in [0, 0.05) is 31.9 Å². The second-order valence-corrected chi connectivity index (χ2v) is 8.29. The third-order valence-electron chi connectivity index (χ3n) is 4.61. The molecule has 12 heteroatoms. The molecular formula is C19H20ClN7O3S. The van der Waals surface area contributed by atoms with Gasteiger partial charge in [-0.2, -0.15) is 4.98 Å². The Hall–Kier alpha value is -2.76. The van der Waals surface area contributed by atoms with Crippen molar-refractivity contribution in [1.29, 1.82) is 0 Å². The van der Waals surface area contributed by atoms with Crippen molar-refractivity contribution in [2.75, 3.05) is 19.0 Å². The van der Waals surface area contributed by atoms with Crippen molar-refractivity contribution in [3.8, 4) is 11.4 Å². The highest BCUT2D eigenvalue weighted by Gasteiger charge is 2.27. The minimum absolute atomic E-state index is 0.144. The van der Waals surface area contributed by atoms with Gasteiger partial charge in [-0.1, -0.05) is 23.7 Å². The van der Waals surface area contributed by atoms with Crippen molar-refractivity contribution in [2.45, 2.75) is 42.2 Å². The van der Waals surface area contributed by atoms with Crippen LogP contribution in [0, 0.1) is 10.1 Å². The number of aromatic nitrogens is 5. The number of hydrogen-bond acceptors (Lipinski definition) is 9. The van der Waals surface area contributed by atoms with Gasteiger partial charge in [0.05, 0.1) is 9.95 Å². The highest BCUT2D eigenvalue weighted by atomic mass is 35.5. The molecule has 1 N–H and O–H groups in total. The summed E-state index contributed by atoms with van der Waals surface area (Å²) in [5.74, 6) is 0.851. The summed E-state index contributed by atoms with van der Waals surface area (Å²) in [6.07, 6.45) is 3.91. The lowest BCUT2D eigenvalue weighted by Crippen LogP contribution is -2.08. The van der Waals surface area contributed by atoms with E-state index in [0.29, 0.717) is 34.3 Å². The van der Waals surface area contributed by atoms with Crippen LogP contribution >= 0.6 is 23.4 Å². The van der Waals surface area contributed by atoms with Crippen molar-refractivity contribution in [2.24, 2.45) is 0 Å². The number of anilines is 1. The number of nitrogens with one attached hydrogen (secondary N) is 1. The van der Waals surface area contributed by atoms with Crippen LogP contribution in [0.15, 0.2) is 40.8 Å². The van der Waals surface area contributed by atoms with Crippen LogP contribution < -0.4 is 5.32 Å². The minimum Gasteiger partial charge on any atom is -0.385 e. The largest absolute Gasteiger partial charge is 0.385 e. The van der Waals surface area contributed by atoms with E-state index in [1.165, 1.54) is 18.0 Å². The molecule has 0 atom stereocenters. The topological polar surface area (TPSA) is 121 Å². The fraction of sp³-hybridized carbons (Fsp3) is 0.368. The Bertz CT molecular complexity index is 1090. The van der Waals surface area contributed by atoms with Crippen molar-refractivity contribution in [3.63, 3.8) is 0 Å². The first-order chi connectivity index (χ1) is 15.1. The van der Waals surface area contributed by atoms with Crippen LogP contribution in [0.5, 0.6) is 0 Å². The minimum atomic E-state index is -0.484. The molecule has 2 aromatic heterocycles. The number of rotatable bonds is 10. The average Bonchev–Trinajstić information content (AvgIpc) is 3.48. The zero-order valence-corrected chi connectivity index (χ0v) is 18.3. The average molecular weight is 462 g/mol. The van der Waals surface area contributed by atoms with E-state index in [-0.39, 0.29) is 17.5 Å². The molecule has 0 aliphatic heterocycles. The Kier molecular flexibility index (Phi) is 6.64. The summed E-state index contributed by atoms with van der Waals surface area (Å²) in [6, 6.07) is 7.64. The number of benzene rings is 1. The Balaban J connectivity index is 1.66. The van der Waals surface area contributed by atoms with E-state index >= 15 is 0 Å². The van der Waals surface area contributed by atoms with Gasteiger partial charge in [0.1, 0.15) is 6.20 Å². The van der Waals surface area contributed by atoms with Crippen LogP contribution in [-0.2, 0) is 11.3 Å². The molecule has 0 amide bonds. The van der Waals surface area contributed by atoms with Crippen molar-refractivity contribution < 1.29 is 9.66 Å². The van der Waals surface area contributed by atoms with E-state index < -0.39 is 4.92 Å². The standard InChI is InChI=1S/C19H20ClN7O3S/c1-30-10-4-9-26-17(13-5-2-3-6-14(13)20)24-25-19(26)31-18-21-11-15(27(28)29)16(23-18)22-12-7-8-12/h2-3,5-6,11-12H,4,7-10H2,1H3,(H,21,22,23). The maximum atomic E-state index is 11.3. The van der Waals surface area contributed by atoms with E-state index in [9.17, 15) is 10.1 Å². The monoisotopic (exact) mass is 461 g/mol. The zero-order valence-electron chi connectivity index (χ0n) is 16.7. The number of halogens is 1. The smallest absolute Gasteiger partial charge is 0.329 e. The molecule has 3 aromatic rings. The number of nitrogens with zero attached hydrogens (tertiary/aromatic N) is 6. The van der Waals surface area contributed by atoms with Gasteiger partial charge in [-0.05, 0) is 43.2 Å². The van der Waals surface area contributed by atoms with Gasteiger partial charge in [0.15, 0.2) is 16.1 Å². The third-order valence-corrected chi connectivity index (χ3v) is 5.80. The molecule has 0 radical (unpaired) electrons. The Labute approximate surface area is 187 Å². The van der Waals surface area contributed by atoms with Crippen LogP contribution in [0.1, 0.15) is 19.3 Å². The predicted octanol–water partition coefficient (Wildman–Crippen LogP) is 4.06. The van der Waals surface area contributed by atoms with E-state index in [1.54, 1.807) is 13.2 Å². The van der Waals surface area contributed by atoms with E-state index in [1.807, 2.05) is 22.8 Å². The first kappa shape index (κ1) is 21.5. The Morgan fingerprint density at radius 1 is 1.35 bits per heavy atom. The van der Waals surface area contributed by atoms with Crippen molar-refractivity contribution in [3.05, 3.63) is 45.6 Å². The molecule has 0 unspecified atom stereocenters. The molecule has 1 aromatic carbocycles. The number of hydrogen-bond donors (Lipinski definition) is 1. The van der Waals surface area contributed by atoms with Crippen molar-refractivity contribution in [1.82, 2.24) is 24.7 Å². The molecule has 0 saturated heterocycles. The maximum Gasteiger partial charge on any atom is 0.329 e. The molecule has 4 rings (SSSR count). The van der Waals surface area contributed by atoms with Gasteiger partial charge in [-0.3, -0.25) is 10.1 Å². The van der Waals surface area contributed by atoms with Crippen LogP contribution in [0.3, 0.4) is 0 Å². The summed E-state index contributed by atoms with van der Waals surface area (Å²) >= 11 is 7.57. The van der Waals surface area contributed by atoms with Crippen molar-refractivity contribution >= 4 is 34.9 Å².